The molecule has 1 heterocycles. The summed E-state index contributed by atoms with van der Waals surface area (Å²) < 4.78 is 1.43. The normalized spacial score (nSPS) is 12.9. The number of halogens is 1. The van der Waals surface area contributed by atoms with E-state index in [4.69, 9.17) is 11.6 Å². The fraction of sp³-hybridized carbons (Fsp3) is 0.375. The van der Waals surface area contributed by atoms with Crippen molar-refractivity contribution in [2.45, 2.75) is 6.10 Å². The Morgan fingerprint density at radius 2 is 2.42 bits per heavy atom. The Bertz CT molecular complexity index is 321. The van der Waals surface area contributed by atoms with Crippen molar-refractivity contribution < 1.29 is 5.11 Å². The second-order valence-electron chi connectivity index (χ2n) is 2.58. The summed E-state index contributed by atoms with van der Waals surface area (Å²) in [6, 6.07) is 3.06. The molecule has 0 amide bonds. The minimum atomic E-state index is -0.749. The number of hydrogen-bond acceptors (Lipinski definition) is 2. The molecule has 0 aliphatic heterocycles. The molecule has 1 aromatic rings. The van der Waals surface area contributed by atoms with Crippen LogP contribution >= 0.6 is 11.6 Å². The molecule has 1 rings (SSSR count). The average molecular weight is 188 g/mol. The number of nitrogens with zero attached hydrogens (tertiary/aromatic N) is 1. The minimum absolute atomic E-state index is 0.104. The number of aromatic nitrogens is 1. The van der Waals surface area contributed by atoms with Crippen LogP contribution in [0.5, 0.6) is 0 Å². The van der Waals surface area contributed by atoms with Crippen molar-refractivity contribution in [3.05, 3.63) is 34.2 Å². The summed E-state index contributed by atoms with van der Waals surface area (Å²) in [7, 11) is 1.65. The number of aliphatic hydroxyl groups is 1. The maximum absolute atomic E-state index is 11.1. The number of rotatable bonds is 2. The summed E-state index contributed by atoms with van der Waals surface area (Å²) in [4.78, 5) is 11.1. The van der Waals surface area contributed by atoms with Crippen molar-refractivity contribution in [1.82, 2.24) is 4.57 Å². The zero-order valence-electron chi connectivity index (χ0n) is 6.70. The summed E-state index contributed by atoms with van der Waals surface area (Å²) in [6.45, 7) is 0. The van der Waals surface area contributed by atoms with Gasteiger partial charge in [-0.2, -0.15) is 0 Å². The van der Waals surface area contributed by atoms with Crippen molar-refractivity contribution in [1.29, 1.82) is 0 Å². The van der Waals surface area contributed by atoms with Crippen LogP contribution in [-0.2, 0) is 7.05 Å². The van der Waals surface area contributed by atoms with Crippen molar-refractivity contribution in [2.24, 2.45) is 7.05 Å². The standard InChI is InChI=1S/C8H10ClNO2/c1-10-3-2-6(4-8(10)12)7(11)5-9/h2-4,7,11H,5H2,1H3. The number of aryl methyl sites for hydroxylation is 1. The maximum atomic E-state index is 11.1. The van der Waals surface area contributed by atoms with Gasteiger partial charge in [0.1, 0.15) is 0 Å². The number of hydrogen-bond donors (Lipinski definition) is 1. The quantitative estimate of drug-likeness (QED) is 0.692. The van der Waals surface area contributed by atoms with Crippen LogP contribution in [0, 0.1) is 0 Å². The first-order valence-electron chi connectivity index (χ1n) is 3.55. The third kappa shape index (κ3) is 1.87. The van der Waals surface area contributed by atoms with E-state index in [1.54, 1.807) is 19.3 Å². The van der Waals surface area contributed by atoms with Crippen molar-refractivity contribution in [3.63, 3.8) is 0 Å². The van der Waals surface area contributed by atoms with Gasteiger partial charge in [0, 0.05) is 19.3 Å². The molecule has 66 valence electrons. The van der Waals surface area contributed by atoms with Gasteiger partial charge in [-0.3, -0.25) is 4.79 Å². The molecular weight excluding hydrogens is 178 g/mol. The molecule has 0 aromatic carbocycles. The molecule has 4 heteroatoms. The van der Waals surface area contributed by atoms with Crippen LogP contribution in [0.3, 0.4) is 0 Å². The molecule has 1 unspecified atom stereocenters. The van der Waals surface area contributed by atoms with E-state index in [0.29, 0.717) is 5.56 Å². The highest BCUT2D eigenvalue weighted by Crippen LogP contribution is 2.10. The molecule has 0 radical (unpaired) electrons. The van der Waals surface area contributed by atoms with E-state index in [2.05, 4.69) is 0 Å². The summed E-state index contributed by atoms with van der Waals surface area (Å²) in [5.74, 6) is 0.104. The molecule has 1 N–H and O–H groups in total. The molecule has 1 aromatic heterocycles. The van der Waals surface area contributed by atoms with E-state index in [9.17, 15) is 9.90 Å². The average Bonchev–Trinajstić information content (AvgIpc) is 2.08. The monoisotopic (exact) mass is 187 g/mol. The van der Waals surface area contributed by atoms with Crippen molar-refractivity contribution >= 4 is 11.6 Å². The molecule has 0 bridgehead atoms. The summed E-state index contributed by atoms with van der Waals surface area (Å²) >= 11 is 5.42. The first-order chi connectivity index (χ1) is 5.65. The number of aliphatic hydroxyl groups excluding tert-OH is 1. The van der Waals surface area contributed by atoms with E-state index in [1.165, 1.54) is 10.6 Å². The second-order valence-corrected chi connectivity index (χ2v) is 2.89. The lowest BCUT2D eigenvalue weighted by molar-refractivity contribution is 0.202. The van der Waals surface area contributed by atoms with Crippen LogP contribution in [0.1, 0.15) is 11.7 Å². The predicted molar refractivity (Wildman–Crippen MR) is 47.4 cm³/mol. The second kappa shape index (κ2) is 3.74. The van der Waals surface area contributed by atoms with E-state index >= 15 is 0 Å². The van der Waals surface area contributed by atoms with Gasteiger partial charge in [-0.05, 0) is 11.6 Å². The van der Waals surface area contributed by atoms with E-state index in [1.807, 2.05) is 0 Å². The lowest BCUT2D eigenvalue weighted by Gasteiger charge is -2.06. The molecule has 0 saturated heterocycles. The Kier molecular flexibility index (Phi) is 2.89. The summed E-state index contributed by atoms with van der Waals surface area (Å²) in [5.41, 5.74) is 0.421. The van der Waals surface area contributed by atoms with Gasteiger partial charge in [-0.1, -0.05) is 0 Å². The van der Waals surface area contributed by atoms with Gasteiger partial charge in [0.05, 0.1) is 12.0 Å². The van der Waals surface area contributed by atoms with Crippen molar-refractivity contribution in [2.75, 3.05) is 5.88 Å². The molecule has 0 aliphatic carbocycles. The van der Waals surface area contributed by atoms with Crippen LogP contribution in [0.4, 0.5) is 0 Å². The molecule has 1 atom stereocenters. The highest BCUT2D eigenvalue weighted by Gasteiger charge is 2.05. The van der Waals surface area contributed by atoms with E-state index in [0.717, 1.165) is 0 Å². The van der Waals surface area contributed by atoms with Gasteiger partial charge in [-0.15, -0.1) is 11.6 Å². The fourth-order valence-electron chi connectivity index (χ4n) is 0.860. The molecule has 0 saturated carbocycles. The Hall–Kier alpha value is -0.800. The molecule has 0 fully saturated rings. The zero-order valence-corrected chi connectivity index (χ0v) is 7.45. The maximum Gasteiger partial charge on any atom is 0.250 e. The van der Waals surface area contributed by atoms with Crippen LogP contribution in [0.15, 0.2) is 23.1 Å². The molecule has 3 nitrogen and oxygen atoms in total. The Morgan fingerprint density at radius 1 is 1.75 bits per heavy atom. The van der Waals surface area contributed by atoms with Crippen LogP contribution in [-0.4, -0.2) is 15.6 Å². The molecule has 12 heavy (non-hydrogen) atoms. The Morgan fingerprint density at radius 3 is 2.92 bits per heavy atom. The summed E-state index contributed by atoms with van der Waals surface area (Å²) in [5, 5.41) is 9.26. The van der Waals surface area contributed by atoms with Gasteiger partial charge in [0.15, 0.2) is 0 Å². The first kappa shape index (κ1) is 9.29. The van der Waals surface area contributed by atoms with Crippen LogP contribution in [0.2, 0.25) is 0 Å². The molecule has 0 spiro atoms. The first-order valence-corrected chi connectivity index (χ1v) is 4.09. The van der Waals surface area contributed by atoms with Crippen LogP contribution in [0.25, 0.3) is 0 Å². The molecular formula is C8H10ClNO2. The number of pyridine rings is 1. The van der Waals surface area contributed by atoms with Crippen LogP contribution < -0.4 is 5.56 Å². The smallest absolute Gasteiger partial charge is 0.250 e. The van der Waals surface area contributed by atoms with Gasteiger partial charge < -0.3 is 9.67 Å². The third-order valence-corrected chi connectivity index (χ3v) is 1.95. The number of alkyl halides is 1. The lowest BCUT2D eigenvalue weighted by Crippen LogP contribution is -2.16. The highest BCUT2D eigenvalue weighted by molar-refractivity contribution is 6.18. The van der Waals surface area contributed by atoms with E-state index < -0.39 is 6.10 Å². The van der Waals surface area contributed by atoms with Gasteiger partial charge in [-0.25, -0.2) is 0 Å². The summed E-state index contributed by atoms with van der Waals surface area (Å²) in [6.07, 6.45) is 0.855. The van der Waals surface area contributed by atoms with Gasteiger partial charge >= 0.3 is 0 Å². The zero-order chi connectivity index (χ0) is 9.14. The Labute approximate surface area is 75.2 Å². The van der Waals surface area contributed by atoms with Gasteiger partial charge in [0.25, 0.3) is 5.56 Å². The predicted octanol–water partition coefficient (Wildman–Crippen LogP) is 0.657. The fourth-order valence-corrected chi connectivity index (χ4v) is 1.04. The molecule has 0 aliphatic rings. The topological polar surface area (TPSA) is 42.2 Å². The third-order valence-electron chi connectivity index (χ3n) is 1.66. The van der Waals surface area contributed by atoms with Gasteiger partial charge in [0.2, 0.25) is 0 Å². The SMILES string of the molecule is Cn1ccc(C(O)CCl)cc1=O. The largest absolute Gasteiger partial charge is 0.387 e. The lowest BCUT2D eigenvalue weighted by atomic mass is 10.2. The minimum Gasteiger partial charge on any atom is -0.387 e. The Balaban J connectivity index is 3.05. The van der Waals surface area contributed by atoms with Crippen molar-refractivity contribution in [3.8, 4) is 0 Å². The highest BCUT2D eigenvalue weighted by atomic mass is 35.5. The van der Waals surface area contributed by atoms with E-state index in [-0.39, 0.29) is 11.4 Å².